The van der Waals surface area contributed by atoms with Gasteiger partial charge in [0, 0.05) is 34.1 Å². The summed E-state index contributed by atoms with van der Waals surface area (Å²) in [6.45, 7) is 0. The van der Waals surface area contributed by atoms with Crippen molar-refractivity contribution in [1.82, 2.24) is 4.98 Å². The summed E-state index contributed by atoms with van der Waals surface area (Å²) in [6, 6.07) is 24.6. The number of ether oxygens (including phenoxy) is 2. The second-order valence-corrected chi connectivity index (χ2v) is 6.67. The van der Waals surface area contributed by atoms with Crippen molar-refractivity contribution < 1.29 is 9.47 Å². The molecule has 0 saturated carbocycles. The molecule has 0 amide bonds. The van der Waals surface area contributed by atoms with Crippen LogP contribution >= 0.6 is 0 Å². The van der Waals surface area contributed by atoms with E-state index in [2.05, 4.69) is 53.7 Å². The molecule has 0 bridgehead atoms. The van der Waals surface area contributed by atoms with Crippen molar-refractivity contribution in [2.75, 3.05) is 7.11 Å². The van der Waals surface area contributed by atoms with Gasteiger partial charge in [0.1, 0.15) is 17.3 Å². The molecule has 0 spiro atoms. The van der Waals surface area contributed by atoms with Gasteiger partial charge < -0.3 is 14.5 Å². The van der Waals surface area contributed by atoms with Crippen LogP contribution in [0.15, 0.2) is 85.1 Å². The zero-order valence-electron chi connectivity index (χ0n) is 15.0. The lowest BCUT2D eigenvalue weighted by atomic mass is 9.87. The molecule has 0 saturated heterocycles. The first-order chi connectivity index (χ1) is 13.3. The predicted molar refractivity (Wildman–Crippen MR) is 108 cm³/mol. The molecule has 5 rings (SSSR count). The highest BCUT2D eigenvalue weighted by molar-refractivity contribution is 5.87. The molecule has 27 heavy (non-hydrogen) atoms. The van der Waals surface area contributed by atoms with E-state index in [0.717, 1.165) is 28.3 Å². The molecule has 1 atom stereocenters. The van der Waals surface area contributed by atoms with Gasteiger partial charge in [-0.15, -0.1) is 0 Å². The molecule has 1 unspecified atom stereocenters. The molecular formula is C24H19NO2. The maximum absolute atomic E-state index is 6.23. The van der Waals surface area contributed by atoms with E-state index in [1.54, 1.807) is 7.11 Å². The van der Waals surface area contributed by atoms with Crippen molar-refractivity contribution in [3.05, 3.63) is 102 Å². The van der Waals surface area contributed by atoms with Gasteiger partial charge in [0.25, 0.3) is 0 Å². The molecule has 0 aliphatic carbocycles. The highest BCUT2D eigenvalue weighted by atomic mass is 16.5. The maximum Gasteiger partial charge on any atom is 0.131 e. The Morgan fingerprint density at radius 1 is 0.889 bits per heavy atom. The minimum Gasteiger partial charge on any atom is -0.497 e. The van der Waals surface area contributed by atoms with Crippen molar-refractivity contribution in [3.63, 3.8) is 0 Å². The van der Waals surface area contributed by atoms with Gasteiger partial charge in [0.2, 0.25) is 0 Å². The number of aromatic nitrogens is 1. The molecular weight excluding hydrogens is 334 g/mol. The van der Waals surface area contributed by atoms with Gasteiger partial charge in [0.05, 0.1) is 7.11 Å². The average Bonchev–Trinajstić information content (AvgIpc) is 3.16. The third-order valence-corrected chi connectivity index (χ3v) is 5.11. The Bertz CT molecular complexity index is 1140. The number of methoxy groups -OCH3 is 1. The fourth-order valence-corrected chi connectivity index (χ4v) is 3.74. The van der Waals surface area contributed by atoms with Crippen LogP contribution in [0.25, 0.3) is 16.7 Å². The number of rotatable bonds is 3. The van der Waals surface area contributed by atoms with E-state index in [9.17, 15) is 0 Å². The van der Waals surface area contributed by atoms with Crippen molar-refractivity contribution in [3.8, 4) is 11.5 Å². The summed E-state index contributed by atoms with van der Waals surface area (Å²) >= 11 is 0. The van der Waals surface area contributed by atoms with Crippen molar-refractivity contribution in [1.29, 1.82) is 0 Å². The first-order valence-electron chi connectivity index (χ1n) is 9.02. The highest BCUT2D eigenvalue weighted by Crippen LogP contribution is 2.43. The van der Waals surface area contributed by atoms with E-state index in [-0.39, 0.29) is 5.92 Å². The van der Waals surface area contributed by atoms with Crippen LogP contribution in [-0.2, 0) is 0 Å². The number of hydrogen-bond acceptors (Lipinski definition) is 2. The number of nitrogens with one attached hydrogen (secondary N) is 1. The maximum atomic E-state index is 6.23. The first-order valence-corrected chi connectivity index (χ1v) is 9.02. The Hall–Kier alpha value is -3.46. The Morgan fingerprint density at radius 3 is 2.56 bits per heavy atom. The van der Waals surface area contributed by atoms with E-state index in [4.69, 9.17) is 9.47 Å². The number of benzene rings is 3. The number of hydrogen-bond donors (Lipinski definition) is 1. The molecule has 0 radical (unpaired) electrons. The fraction of sp³-hybridized carbons (Fsp3) is 0.0833. The van der Waals surface area contributed by atoms with E-state index in [1.807, 2.05) is 36.4 Å². The molecule has 4 aromatic rings. The van der Waals surface area contributed by atoms with E-state index < -0.39 is 0 Å². The minimum absolute atomic E-state index is 0.103. The molecule has 3 heteroatoms. The summed E-state index contributed by atoms with van der Waals surface area (Å²) < 4.78 is 11.7. The number of H-pyrrole nitrogens is 1. The Morgan fingerprint density at radius 2 is 1.70 bits per heavy atom. The van der Waals surface area contributed by atoms with Crippen LogP contribution in [0.4, 0.5) is 0 Å². The lowest BCUT2D eigenvalue weighted by Gasteiger charge is -2.25. The van der Waals surface area contributed by atoms with Crippen LogP contribution in [0.3, 0.4) is 0 Å². The average molecular weight is 353 g/mol. The smallest absolute Gasteiger partial charge is 0.131 e. The monoisotopic (exact) mass is 353 g/mol. The summed E-state index contributed by atoms with van der Waals surface area (Å²) in [7, 11) is 1.70. The van der Waals surface area contributed by atoms with Crippen molar-refractivity contribution in [2.45, 2.75) is 5.92 Å². The molecule has 1 N–H and O–H groups in total. The summed E-state index contributed by atoms with van der Waals surface area (Å²) in [5.74, 6) is 2.75. The Balaban J connectivity index is 1.71. The van der Waals surface area contributed by atoms with Crippen LogP contribution < -0.4 is 9.47 Å². The summed E-state index contributed by atoms with van der Waals surface area (Å²) in [4.78, 5) is 3.40. The largest absolute Gasteiger partial charge is 0.497 e. The quantitative estimate of drug-likeness (QED) is 0.509. The molecule has 132 valence electrons. The van der Waals surface area contributed by atoms with E-state index in [1.165, 1.54) is 16.5 Å². The molecule has 1 aliphatic rings. The van der Waals surface area contributed by atoms with Crippen molar-refractivity contribution in [2.24, 2.45) is 0 Å². The van der Waals surface area contributed by atoms with Gasteiger partial charge in [-0.05, 0) is 35.9 Å². The topological polar surface area (TPSA) is 34.2 Å². The predicted octanol–water partition coefficient (Wildman–Crippen LogP) is 5.74. The van der Waals surface area contributed by atoms with Crippen LogP contribution in [-0.4, -0.2) is 12.1 Å². The summed E-state index contributed by atoms with van der Waals surface area (Å²) in [6.07, 6.45) is 4.30. The summed E-state index contributed by atoms with van der Waals surface area (Å²) in [5.41, 5.74) is 4.56. The second-order valence-electron chi connectivity index (χ2n) is 6.67. The Labute approximate surface area is 157 Å². The number of para-hydroxylation sites is 1. The second kappa shape index (κ2) is 6.36. The Kier molecular flexibility index (Phi) is 3.72. The molecule has 0 fully saturated rings. The minimum atomic E-state index is 0.103. The van der Waals surface area contributed by atoms with Gasteiger partial charge in [0.15, 0.2) is 0 Å². The normalized spacial score (nSPS) is 15.7. The lowest BCUT2D eigenvalue weighted by molar-refractivity contribution is 0.415. The van der Waals surface area contributed by atoms with Crippen LogP contribution in [0.5, 0.6) is 11.5 Å². The zero-order chi connectivity index (χ0) is 18.2. The first kappa shape index (κ1) is 15.8. The summed E-state index contributed by atoms with van der Waals surface area (Å²) in [5, 5.41) is 1.17. The van der Waals surface area contributed by atoms with Crippen LogP contribution in [0.2, 0.25) is 0 Å². The zero-order valence-corrected chi connectivity index (χ0v) is 15.0. The van der Waals surface area contributed by atoms with Crippen LogP contribution in [0.1, 0.15) is 22.6 Å². The molecule has 2 heterocycles. The van der Waals surface area contributed by atoms with Crippen molar-refractivity contribution >= 4 is 16.7 Å². The SMILES string of the molecule is COc1ccc2[nH]cc(C3C=C(c4ccccc4)Oc4ccccc43)c2c1. The molecule has 3 nitrogen and oxygen atoms in total. The molecule has 1 aromatic heterocycles. The van der Waals surface area contributed by atoms with Gasteiger partial charge in [-0.25, -0.2) is 0 Å². The highest BCUT2D eigenvalue weighted by Gasteiger charge is 2.25. The molecule has 1 aliphatic heterocycles. The number of fused-ring (bicyclic) bond motifs is 2. The fourth-order valence-electron chi connectivity index (χ4n) is 3.74. The third-order valence-electron chi connectivity index (χ3n) is 5.11. The van der Waals surface area contributed by atoms with E-state index in [0.29, 0.717) is 0 Å². The van der Waals surface area contributed by atoms with Gasteiger partial charge in [-0.2, -0.15) is 0 Å². The van der Waals surface area contributed by atoms with Gasteiger partial charge in [-0.3, -0.25) is 0 Å². The van der Waals surface area contributed by atoms with E-state index >= 15 is 0 Å². The molecule has 3 aromatic carbocycles. The standard InChI is InChI=1S/C24H19NO2/c1-26-17-11-12-22-20(13-17)21(15-25-22)19-14-24(16-7-3-2-4-8-16)27-23-10-6-5-9-18(19)23/h2-15,19,25H,1H3. The third kappa shape index (κ3) is 2.68. The lowest BCUT2D eigenvalue weighted by Crippen LogP contribution is -2.10. The van der Waals surface area contributed by atoms with Gasteiger partial charge in [-0.1, -0.05) is 48.5 Å². The number of aromatic amines is 1. The van der Waals surface area contributed by atoms with Crippen LogP contribution in [0, 0.1) is 0 Å². The van der Waals surface area contributed by atoms with Gasteiger partial charge >= 0.3 is 0 Å². The number of allylic oxidation sites excluding steroid dienone is 1.